The second-order valence-corrected chi connectivity index (χ2v) is 7.20. The monoisotopic (exact) mass is 393 g/mol. The van der Waals surface area contributed by atoms with Crippen molar-refractivity contribution in [3.63, 3.8) is 0 Å². The summed E-state index contributed by atoms with van der Waals surface area (Å²) in [6.07, 6.45) is 3.46. The molecule has 0 saturated carbocycles. The zero-order valence-corrected chi connectivity index (χ0v) is 16.7. The molecule has 29 heavy (non-hydrogen) atoms. The molecule has 1 aliphatic rings. The summed E-state index contributed by atoms with van der Waals surface area (Å²) >= 11 is 0. The number of carbonyl (C=O) groups is 3. The Bertz CT molecular complexity index is 849. The van der Waals surface area contributed by atoms with E-state index in [9.17, 15) is 14.4 Å². The van der Waals surface area contributed by atoms with Crippen LogP contribution in [0.1, 0.15) is 53.3 Å². The van der Waals surface area contributed by atoms with Gasteiger partial charge in [-0.2, -0.15) is 0 Å². The lowest BCUT2D eigenvalue weighted by molar-refractivity contribution is -0.124. The molecule has 2 N–H and O–H groups in total. The molecule has 0 aromatic heterocycles. The third-order valence-corrected chi connectivity index (χ3v) is 5.07. The quantitative estimate of drug-likeness (QED) is 0.707. The van der Waals surface area contributed by atoms with E-state index in [1.54, 1.807) is 41.3 Å². The van der Waals surface area contributed by atoms with Gasteiger partial charge in [-0.05, 0) is 55.7 Å². The Labute approximate surface area is 171 Å². The van der Waals surface area contributed by atoms with Crippen LogP contribution in [0.3, 0.4) is 0 Å². The fraction of sp³-hybridized carbons (Fsp3) is 0.348. The topological polar surface area (TPSA) is 78.5 Å². The molecule has 1 saturated heterocycles. The van der Waals surface area contributed by atoms with E-state index < -0.39 is 6.04 Å². The second kappa shape index (κ2) is 9.87. The minimum Gasteiger partial charge on any atom is -0.354 e. The van der Waals surface area contributed by atoms with Crippen LogP contribution in [0.5, 0.6) is 0 Å². The van der Waals surface area contributed by atoms with Crippen molar-refractivity contribution >= 4 is 23.4 Å². The molecule has 6 heteroatoms. The van der Waals surface area contributed by atoms with E-state index in [2.05, 4.69) is 17.6 Å². The zero-order chi connectivity index (χ0) is 20.6. The Morgan fingerprint density at radius 3 is 2.41 bits per heavy atom. The molecule has 1 atom stereocenters. The molecule has 3 amide bonds. The Balaban J connectivity index is 1.62. The SMILES string of the molecule is CCCCNC(=O)C1CCCN1C(=O)c1ccc(NC(=O)c2ccccc2)cc1. The summed E-state index contributed by atoms with van der Waals surface area (Å²) in [4.78, 5) is 39.2. The largest absolute Gasteiger partial charge is 0.354 e. The average Bonchev–Trinajstić information content (AvgIpc) is 3.24. The van der Waals surface area contributed by atoms with E-state index in [1.807, 2.05) is 18.2 Å². The summed E-state index contributed by atoms with van der Waals surface area (Å²) in [5, 5.41) is 5.75. The Morgan fingerprint density at radius 1 is 1.00 bits per heavy atom. The molecule has 3 rings (SSSR count). The number of nitrogens with zero attached hydrogens (tertiary/aromatic N) is 1. The van der Waals surface area contributed by atoms with Crippen LogP contribution in [-0.2, 0) is 4.79 Å². The number of hydrogen-bond acceptors (Lipinski definition) is 3. The van der Waals surface area contributed by atoms with E-state index in [-0.39, 0.29) is 17.7 Å². The van der Waals surface area contributed by atoms with E-state index in [0.29, 0.717) is 36.3 Å². The number of likely N-dealkylation sites (tertiary alicyclic amines) is 1. The molecule has 0 spiro atoms. The van der Waals surface area contributed by atoms with Crippen LogP contribution in [0.4, 0.5) is 5.69 Å². The van der Waals surface area contributed by atoms with Crippen molar-refractivity contribution in [2.24, 2.45) is 0 Å². The molecular formula is C23H27N3O3. The predicted octanol–water partition coefficient (Wildman–Crippen LogP) is 3.46. The van der Waals surface area contributed by atoms with Crippen LogP contribution >= 0.6 is 0 Å². The second-order valence-electron chi connectivity index (χ2n) is 7.20. The average molecular weight is 393 g/mol. The highest BCUT2D eigenvalue weighted by atomic mass is 16.2. The molecule has 0 bridgehead atoms. The smallest absolute Gasteiger partial charge is 0.255 e. The number of carbonyl (C=O) groups excluding carboxylic acids is 3. The Morgan fingerprint density at radius 2 is 1.72 bits per heavy atom. The maximum Gasteiger partial charge on any atom is 0.255 e. The molecule has 1 fully saturated rings. The van der Waals surface area contributed by atoms with Crippen molar-refractivity contribution in [2.45, 2.75) is 38.6 Å². The summed E-state index contributed by atoms with van der Waals surface area (Å²) in [6, 6.07) is 15.3. The lowest BCUT2D eigenvalue weighted by Gasteiger charge is -2.24. The summed E-state index contributed by atoms with van der Waals surface area (Å²) in [5.41, 5.74) is 1.70. The molecule has 1 heterocycles. The number of benzene rings is 2. The van der Waals surface area contributed by atoms with E-state index in [1.165, 1.54) is 0 Å². The van der Waals surface area contributed by atoms with E-state index in [4.69, 9.17) is 0 Å². The Hall–Kier alpha value is -3.15. The van der Waals surface area contributed by atoms with Gasteiger partial charge in [0.15, 0.2) is 0 Å². The minimum absolute atomic E-state index is 0.0731. The molecule has 0 aliphatic carbocycles. The van der Waals surface area contributed by atoms with Gasteiger partial charge in [0.05, 0.1) is 0 Å². The van der Waals surface area contributed by atoms with Gasteiger partial charge in [-0.25, -0.2) is 0 Å². The van der Waals surface area contributed by atoms with Crippen molar-refractivity contribution in [1.82, 2.24) is 10.2 Å². The first-order valence-electron chi connectivity index (χ1n) is 10.2. The maximum atomic E-state index is 12.9. The lowest BCUT2D eigenvalue weighted by atomic mass is 10.1. The fourth-order valence-corrected chi connectivity index (χ4v) is 3.44. The number of hydrogen-bond donors (Lipinski definition) is 2. The van der Waals surface area contributed by atoms with Crippen molar-refractivity contribution in [3.8, 4) is 0 Å². The van der Waals surface area contributed by atoms with Crippen LogP contribution < -0.4 is 10.6 Å². The summed E-state index contributed by atoms with van der Waals surface area (Å²) < 4.78 is 0. The van der Waals surface area contributed by atoms with Crippen LogP contribution in [0.25, 0.3) is 0 Å². The number of amides is 3. The van der Waals surface area contributed by atoms with Crippen molar-refractivity contribution in [1.29, 1.82) is 0 Å². The minimum atomic E-state index is -0.406. The fourth-order valence-electron chi connectivity index (χ4n) is 3.44. The lowest BCUT2D eigenvalue weighted by Crippen LogP contribution is -2.46. The highest BCUT2D eigenvalue weighted by Crippen LogP contribution is 2.21. The number of anilines is 1. The van der Waals surface area contributed by atoms with Crippen molar-refractivity contribution < 1.29 is 14.4 Å². The molecular weight excluding hydrogens is 366 g/mol. The summed E-state index contributed by atoms with van der Waals surface area (Å²) in [7, 11) is 0. The van der Waals surface area contributed by atoms with Crippen LogP contribution in [-0.4, -0.2) is 41.8 Å². The summed E-state index contributed by atoms with van der Waals surface area (Å²) in [6.45, 7) is 3.30. The van der Waals surface area contributed by atoms with Gasteiger partial charge in [0.2, 0.25) is 5.91 Å². The van der Waals surface area contributed by atoms with Gasteiger partial charge >= 0.3 is 0 Å². The van der Waals surface area contributed by atoms with Gasteiger partial charge in [0.25, 0.3) is 11.8 Å². The third-order valence-electron chi connectivity index (χ3n) is 5.07. The van der Waals surface area contributed by atoms with Crippen LogP contribution in [0.2, 0.25) is 0 Å². The molecule has 152 valence electrons. The van der Waals surface area contributed by atoms with Crippen molar-refractivity contribution in [2.75, 3.05) is 18.4 Å². The van der Waals surface area contributed by atoms with E-state index >= 15 is 0 Å². The van der Waals surface area contributed by atoms with Crippen molar-refractivity contribution in [3.05, 3.63) is 65.7 Å². The molecule has 1 aliphatic heterocycles. The highest BCUT2D eigenvalue weighted by Gasteiger charge is 2.34. The van der Waals surface area contributed by atoms with Gasteiger partial charge in [-0.15, -0.1) is 0 Å². The van der Waals surface area contributed by atoms with Crippen LogP contribution in [0.15, 0.2) is 54.6 Å². The predicted molar refractivity (Wildman–Crippen MR) is 113 cm³/mol. The highest BCUT2D eigenvalue weighted by molar-refractivity contribution is 6.04. The number of nitrogens with one attached hydrogen (secondary N) is 2. The first-order chi connectivity index (χ1) is 14.1. The maximum absolute atomic E-state index is 12.9. The normalized spacial score (nSPS) is 15.8. The zero-order valence-electron chi connectivity index (χ0n) is 16.7. The molecule has 2 aromatic carbocycles. The molecule has 6 nitrogen and oxygen atoms in total. The van der Waals surface area contributed by atoms with Gasteiger partial charge in [0, 0.05) is 29.9 Å². The Kier molecular flexibility index (Phi) is 7.00. The number of unbranched alkanes of at least 4 members (excludes halogenated alkanes) is 1. The van der Waals surface area contributed by atoms with Gasteiger partial charge in [-0.3, -0.25) is 14.4 Å². The first-order valence-corrected chi connectivity index (χ1v) is 10.2. The molecule has 0 radical (unpaired) electrons. The number of rotatable bonds is 7. The third kappa shape index (κ3) is 5.22. The first kappa shape index (κ1) is 20.6. The molecule has 1 unspecified atom stereocenters. The van der Waals surface area contributed by atoms with Gasteiger partial charge in [-0.1, -0.05) is 31.5 Å². The standard InChI is InChI=1S/C23H27N3O3/c1-2-3-15-24-22(28)20-10-7-16-26(20)23(29)18-11-13-19(14-12-18)25-21(27)17-8-5-4-6-9-17/h4-6,8-9,11-14,20H,2-3,7,10,15-16H2,1H3,(H,24,28)(H,25,27). The summed E-state index contributed by atoms with van der Waals surface area (Å²) in [5.74, 6) is -0.428. The van der Waals surface area contributed by atoms with Gasteiger partial charge < -0.3 is 15.5 Å². The van der Waals surface area contributed by atoms with Gasteiger partial charge in [0.1, 0.15) is 6.04 Å². The van der Waals surface area contributed by atoms with E-state index in [0.717, 1.165) is 19.3 Å². The molecule has 2 aromatic rings. The van der Waals surface area contributed by atoms with Crippen LogP contribution in [0, 0.1) is 0 Å².